The Morgan fingerprint density at radius 1 is 1.14 bits per heavy atom. The number of rotatable bonds is 4. The van der Waals surface area contributed by atoms with E-state index in [2.05, 4.69) is 62.4 Å². The highest BCUT2D eigenvalue weighted by Gasteiger charge is 2.48. The number of carbonyl (C=O) groups excluding carboxylic acids is 1. The molecule has 0 amide bonds. The molecule has 2 saturated heterocycles. The normalized spacial score (nSPS) is 40.0. The zero-order valence-corrected chi connectivity index (χ0v) is 26.4. The number of hydrogen-bond acceptors (Lipinski definition) is 7. The smallest absolute Gasteiger partial charge is 0.313 e. The van der Waals surface area contributed by atoms with E-state index in [0.717, 1.165) is 36.8 Å². The van der Waals surface area contributed by atoms with Gasteiger partial charge in [0, 0.05) is 24.2 Å². The standard InChI is InChI=1S/C36H51NO6/c1-22-9-8-12-28-21-42-35-32(28)30(18-25(4)33(35)37-40)36(39)43-31-19-29(16-13-23(2)17-22)41-20-27(31)15-14-24(3)34(38)26-10-6-5-7-11-26/h8-9,12-15,18,22,24,26-27,29-32,34-35,38,40H,5-7,10-11,16-17,19-21H2,1-4H3/b9-8+,15-14-,23-13+,28-12+,37-33+/t22-,24-,27+,29?,30?,31?,32?,34-,35?/m0/s1. The molecule has 9 atom stereocenters. The van der Waals surface area contributed by atoms with Gasteiger partial charge in [0.25, 0.3) is 0 Å². The van der Waals surface area contributed by atoms with Crippen molar-refractivity contribution in [3.8, 4) is 0 Å². The number of oxime groups is 1. The van der Waals surface area contributed by atoms with Crippen LogP contribution >= 0.6 is 0 Å². The lowest BCUT2D eigenvalue weighted by molar-refractivity contribution is -0.165. The van der Waals surface area contributed by atoms with Gasteiger partial charge in [0.2, 0.25) is 0 Å². The summed E-state index contributed by atoms with van der Waals surface area (Å²) in [5.41, 5.74) is 3.54. The molecule has 236 valence electrons. The van der Waals surface area contributed by atoms with Crippen LogP contribution in [0.4, 0.5) is 0 Å². The van der Waals surface area contributed by atoms with Gasteiger partial charge in [0.05, 0.1) is 31.3 Å². The maximum Gasteiger partial charge on any atom is 0.313 e. The van der Waals surface area contributed by atoms with Crippen LogP contribution in [0.15, 0.2) is 64.4 Å². The molecule has 0 radical (unpaired) electrons. The molecule has 5 unspecified atom stereocenters. The van der Waals surface area contributed by atoms with Crippen LogP contribution in [-0.2, 0) is 19.0 Å². The van der Waals surface area contributed by atoms with E-state index < -0.39 is 12.0 Å². The Balaban J connectivity index is 1.41. The average molecular weight is 594 g/mol. The lowest BCUT2D eigenvalue weighted by atomic mass is 9.75. The average Bonchev–Trinajstić information content (AvgIpc) is 3.42. The van der Waals surface area contributed by atoms with E-state index in [4.69, 9.17) is 14.2 Å². The Bertz CT molecular complexity index is 1170. The largest absolute Gasteiger partial charge is 0.461 e. The number of esters is 1. The first-order chi connectivity index (χ1) is 20.7. The summed E-state index contributed by atoms with van der Waals surface area (Å²) in [7, 11) is 0. The van der Waals surface area contributed by atoms with E-state index in [-0.39, 0.29) is 42.0 Å². The number of ether oxygens (including phenoxy) is 3. The molecule has 5 aliphatic rings. The molecule has 2 N–H and O–H groups in total. The first-order valence-corrected chi connectivity index (χ1v) is 16.5. The van der Waals surface area contributed by atoms with Gasteiger partial charge in [0.1, 0.15) is 17.9 Å². The molecular weight excluding hydrogens is 542 g/mol. The molecule has 3 heterocycles. The van der Waals surface area contributed by atoms with E-state index in [1.54, 1.807) is 0 Å². The van der Waals surface area contributed by atoms with Crippen LogP contribution in [0.5, 0.6) is 0 Å². The lowest BCUT2D eigenvalue weighted by Gasteiger charge is -2.37. The Kier molecular flexibility index (Phi) is 10.8. The highest BCUT2D eigenvalue weighted by atomic mass is 16.6. The third-order valence-corrected chi connectivity index (χ3v) is 10.3. The van der Waals surface area contributed by atoms with Crippen LogP contribution in [-0.4, -0.2) is 59.6 Å². The monoisotopic (exact) mass is 593 g/mol. The first kappa shape index (κ1) is 31.9. The molecule has 43 heavy (non-hydrogen) atoms. The van der Waals surface area contributed by atoms with Crippen molar-refractivity contribution in [2.45, 2.75) is 103 Å². The third kappa shape index (κ3) is 7.61. The predicted molar refractivity (Wildman–Crippen MR) is 168 cm³/mol. The van der Waals surface area contributed by atoms with Gasteiger partial charge in [-0.05, 0) is 62.5 Å². The van der Waals surface area contributed by atoms with Crippen molar-refractivity contribution < 1.29 is 29.3 Å². The molecule has 3 aliphatic heterocycles. The van der Waals surface area contributed by atoms with Crippen molar-refractivity contribution in [2.24, 2.45) is 40.7 Å². The summed E-state index contributed by atoms with van der Waals surface area (Å²) in [4.78, 5) is 14.0. The highest BCUT2D eigenvalue weighted by molar-refractivity contribution is 6.05. The van der Waals surface area contributed by atoms with Crippen molar-refractivity contribution in [3.63, 3.8) is 0 Å². The van der Waals surface area contributed by atoms with Crippen LogP contribution in [0, 0.1) is 35.5 Å². The summed E-state index contributed by atoms with van der Waals surface area (Å²) in [6, 6.07) is 0. The number of fused-ring (bicyclic) bond motifs is 2. The summed E-state index contributed by atoms with van der Waals surface area (Å²) in [6.45, 7) is 9.17. The molecule has 0 aromatic carbocycles. The van der Waals surface area contributed by atoms with Crippen molar-refractivity contribution >= 4 is 11.7 Å². The fourth-order valence-electron chi connectivity index (χ4n) is 7.70. The summed E-state index contributed by atoms with van der Waals surface area (Å²) in [5.74, 6) is -0.461. The molecule has 2 aliphatic carbocycles. The van der Waals surface area contributed by atoms with Crippen molar-refractivity contribution in [3.05, 3.63) is 59.3 Å². The summed E-state index contributed by atoms with van der Waals surface area (Å²) < 4.78 is 18.8. The van der Waals surface area contributed by atoms with Crippen molar-refractivity contribution in [1.82, 2.24) is 0 Å². The number of aliphatic hydroxyl groups excluding tert-OH is 1. The number of allylic oxidation sites excluding steroid dienone is 4. The van der Waals surface area contributed by atoms with Crippen LogP contribution in [0.1, 0.15) is 79.1 Å². The fourth-order valence-corrected chi connectivity index (χ4v) is 7.70. The molecule has 2 bridgehead atoms. The molecule has 5 rings (SSSR count). The maximum atomic E-state index is 14.0. The fraction of sp³-hybridized carbons (Fsp3) is 0.667. The maximum absolute atomic E-state index is 14.0. The van der Waals surface area contributed by atoms with Gasteiger partial charge in [0.15, 0.2) is 0 Å². The molecular formula is C36H51NO6. The van der Waals surface area contributed by atoms with Crippen LogP contribution in [0.3, 0.4) is 0 Å². The van der Waals surface area contributed by atoms with Crippen molar-refractivity contribution in [1.29, 1.82) is 0 Å². The first-order valence-electron chi connectivity index (χ1n) is 16.5. The van der Waals surface area contributed by atoms with Crippen LogP contribution in [0.25, 0.3) is 0 Å². The Morgan fingerprint density at radius 2 is 1.93 bits per heavy atom. The van der Waals surface area contributed by atoms with Gasteiger partial charge in [-0.15, -0.1) is 0 Å². The predicted octanol–water partition coefficient (Wildman–Crippen LogP) is 6.72. The van der Waals surface area contributed by atoms with Gasteiger partial charge >= 0.3 is 5.97 Å². The minimum Gasteiger partial charge on any atom is -0.461 e. The van der Waals surface area contributed by atoms with Gasteiger partial charge < -0.3 is 24.5 Å². The summed E-state index contributed by atoms with van der Waals surface area (Å²) >= 11 is 0. The van der Waals surface area contributed by atoms with Crippen LogP contribution in [0.2, 0.25) is 0 Å². The minimum atomic E-state index is -0.539. The van der Waals surface area contributed by atoms with E-state index in [1.807, 2.05) is 13.0 Å². The molecule has 1 saturated carbocycles. The number of aliphatic hydroxyl groups is 1. The minimum absolute atomic E-state index is 0.0209. The van der Waals surface area contributed by atoms with Gasteiger partial charge in [-0.3, -0.25) is 4.79 Å². The second-order valence-corrected chi connectivity index (χ2v) is 13.7. The van der Waals surface area contributed by atoms with Crippen LogP contribution < -0.4 is 0 Å². The van der Waals surface area contributed by atoms with Gasteiger partial charge in [-0.1, -0.05) is 86.4 Å². The lowest BCUT2D eigenvalue weighted by Crippen LogP contribution is -2.44. The summed E-state index contributed by atoms with van der Waals surface area (Å²) in [5, 5.41) is 24.4. The molecule has 7 nitrogen and oxygen atoms in total. The van der Waals surface area contributed by atoms with Gasteiger partial charge in [-0.25, -0.2) is 0 Å². The van der Waals surface area contributed by atoms with Crippen molar-refractivity contribution in [2.75, 3.05) is 13.2 Å². The second kappa shape index (κ2) is 14.5. The van der Waals surface area contributed by atoms with Gasteiger partial charge in [-0.2, -0.15) is 0 Å². The molecule has 0 aromatic heterocycles. The number of hydrogen-bond donors (Lipinski definition) is 2. The number of carbonyl (C=O) groups is 1. The molecule has 3 fully saturated rings. The Morgan fingerprint density at radius 3 is 2.70 bits per heavy atom. The zero-order valence-electron chi connectivity index (χ0n) is 26.4. The Hall–Kier alpha value is -2.48. The highest BCUT2D eigenvalue weighted by Crippen LogP contribution is 2.41. The molecule has 7 heteroatoms. The number of nitrogens with zero attached hydrogens (tertiary/aromatic N) is 1. The van der Waals surface area contributed by atoms with E-state index in [0.29, 0.717) is 37.2 Å². The summed E-state index contributed by atoms with van der Waals surface area (Å²) in [6.07, 6.45) is 21.7. The van der Waals surface area contributed by atoms with E-state index in [1.165, 1.54) is 24.8 Å². The molecule has 0 spiro atoms. The Labute approximate surface area is 257 Å². The molecule has 0 aromatic rings. The SMILES string of the molecule is CC1=CC2C(=O)OC3CC(C/C=C(\C)C[C@@H](C)/C=C/C=C4\COC(/C1=N/O)C42)OC[C@H]3/C=C\[C@H](C)[C@H](O)C1CCCCC1. The van der Waals surface area contributed by atoms with E-state index >= 15 is 0 Å². The zero-order chi connectivity index (χ0) is 30.5. The quantitative estimate of drug-likeness (QED) is 0.163. The third-order valence-electron chi connectivity index (χ3n) is 10.3. The second-order valence-electron chi connectivity index (χ2n) is 13.7. The van der Waals surface area contributed by atoms with E-state index in [9.17, 15) is 15.1 Å². The topological polar surface area (TPSA) is 97.6 Å².